The lowest BCUT2D eigenvalue weighted by molar-refractivity contribution is -0.115. The molecule has 32 heavy (non-hydrogen) atoms. The molecule has 2 heterocycles. The largest absolute Gasteiger partial charge is 0.492 e. The molecule has 8 nitrogen and oxygen atoms in total. The summed E-state index contributed by atoms with van der Waals surface area (Å²) in [5, 5.41) is 5.39. The van der Waals surface area contributed by atoms with Crippen LogP contribution in [0.15, 0.2) is 53.0 Å². The summed E-state index contributed by atoms with van der Waals surface area (Å²) < 4.78 is 33.0. The number of rotatable bonds is 10. The Hall–Kier alpha value is -2.82. The van der Waals surface area contributed by atoms with E-state index in [4.69, 9.17) is 4.74 Å². The van der Waals surface area contributed by atoms with Gasteiger partial charge in [-0.1, -0.05) is 13.8 Å². The molecule has 0 bridgehead atoms. The van der Waals surface area contributed by atoms with E-state index in [1.54, 1.807) is 45.3 Å². The van der Waals surface area contributed by atoms with Crippen molar-refractivity contribution in [2.45, 2.75) is 32.1 Å². The zero-order valence-electron chi connectivity index (χ0n) is 18.2. The van der Waals surface area contributed by atoms with Gasteiger partial charge in [-0.15, -0.1) is 11.3 Å². The summed E-state index contributed by atoms with van der Waals surface area (Å²) in [4.78, 5) is 21.2. The smallest absolute Gasteiger partial charge is 0.246 e. The van der Waals surface area contributed by atoms with Crippen LogP contribution >= 0.6 is 11.3 Å². The van der Waals surface area contributed by atoms with E-state index >= 15 is 0 Å². The van der Waals surface area contributed by atoms with Gasteiger partial charge >= 0.3 is 0 Å². The zero-order valence-corrected chi connectivity index (χ0v) is 19.9. The summed E-state index contributed by atoms with van der Waals surface area (Å²) in [7, 11) is -3.76. The van der Waals surface area contributed by atoms with Gasteiger partial charge < -0.3 is 10.1 Å². The lowest BCUT2D eigenvalue weighted by atomic mass is 10.2. The van der Waals surface area contributed by atoms with Gasteiger partial charge in [-0.2, -0.15) is 4.31 Å². The second-order valence-electron chi connectivity index (χ2n) is 6.79. The number of hydrogen-bond donors (Lipinski definition) is 1. The van der Waals surface area contributed by atoms with E-state index in [0.29, 0.717) is 31.1 Å². The van der Waals surface area contributed by atoms with Gasteiger partial charge in [0.1, 0.15) is 15.7 Å². The fourth-order valence-corrected chi connectivity index (χ4v) is 5.57. The van der Waals surface area contributed by atoms with Crippen molar-refractivity contribution in [2.24, 2.45) is 0 Å². The first-order chi connectivity index (χ1) is 15.4. The third kappa shape index (κ3) is 5.50. The molecule has 0 saturated heterocycles. The number of benzene rings is 1. The molecule has 0 fully saturated rings. The van der Waals surface area contributed by atoms with Gasteiger partial charge in [0.25, 0.3) is 0 Å². The second kappa shape index (κ2) is 10.7. The molecule has 10 heteroatoms. The Balaban J connectivity index is 1.78. The van der Waals surface area contributed by atoms with E-state index < -0.39 is 10.0 Å². The topological polar surface area (TPSA) is 101 Å². The minimum absolute atomic E-state index is 0.0355. The van der Waals surface area contributed by atoms with Gasteiger partial charge in [-0.05, 0) is 37.3 Å². The maximum absolute atomic E-state index is 13.1. The Bertz CT molecular complexity index is 1160. The molecule has 2 aromatic heterocycles. The van der Waals surface area contributed by atoms with Crippen molar-refractivity contribution in [3.63, 3.8) is 0 Å². The molecule has 0 atom stereocenters. The zero-order chi connectivity index (χ0) is 23.1. The number of thiazole rings is 1. The second-order valence-corrected chi connectivity index (χ2v) is 9.56. The highest BCUT2D eigenvalue weighted by atomic mass is 32.2. The average molecular weight is 475 g/mol. The number of pyridine rings is 1. The van der Waals surface area contributed by atoms with Gasteiger partial charge in [-0.25, -0.2) is 13.4 Å². The molecule has 1 amide bonds. The van der Waals surface area contributed by atoms with Crippen molar-refractivity contribution in [1.82, 2.24) is 14.3 Å². The van der Waals surface area contributed by atoms with Crippen LogP contribution in [0.4, 0.5) is 5.69 Å². The minimum atomic E-state index is -3.76. The Morgan fingerprint density at radius 1 is 1.19 bits per heavy atom. The fourth-order valence-electron chi connectivity index (χ4n) is 3.14. The van der Waals surface area contributed by atoms with Gasteiger partial charge in [-0.3, -0.25) is 9.78 Å². The lowest BCUT2D eigenvalue weighted by Crippen LogP contribution is -2.31. The third-order valence-electron chi connectivity index (χ3n) is 4.65. The molecular weight excluding hydrogens is 448 g/mol. The molecule has 0 spiro atoms. The van der Waals surface area contributed by atoms with Crippen molar-refractivity contribution in [2.75, 3.05) is 25.0 Å². The molecule has 0 aliphatic rings. The Morgan fingerprint density at radius 3 is 2.62 bits per heavy atom. The first kappa shape index (κ1) is 23.8. The first-order valence-electron chi connectivity index (χ1n) is 10.3. The minimum Gasteiger partial charge on any atom is -0.492 e. The SMILES string of the molecule is CCOc1ccc(NC(=O)Cc2csc(-c3cccnc3)n2)cc1S(=O)(=O)N(CC)CC. The van der Waals surface area contributed by atoms with E-state index in [0.717, 1.165) is 10.6 Å². The molecule has 0 radical (unpaired) electrons. The Kier molecular flexibility index (Phi) is 7.94. The summed E-state index contributed by atoms with van der Waals surface area (Å²) >= 11 is 1.44. The Morgan fingerprint density at radius 2 is 1.97 bits per heavy atom. The number of aromatic nitrogens is 2. The average Bonchev–Trinajstić information content (AvgIpc) is 3.24. The van der Waals surface area contributed by atoms with Crippen LogP contribution < -0.4 is 10.1 Å². The van der Waals surface area contributed by atoms with E-state index in [1.165, 1.54) is 21.7 Å². The summed E-state index contributed by atoms with van der Waals surface area (Å²) in [5.74, 6) is -0.0265. The van der Waals surface area contributed by atoms with Crippen LogP contribution in [0.5, 0.6) is 5.75 Å². The van der Waals surface area contributed by atoms with Crippen LogP contribution in [0.2, 0.25) is 0 Å². The van der Waals surface area contributed by atoms with Gasteiger partial charge in [0.15, 0.2) is 0 Å². The molecule has 1 N–H and O–H groups in total. The quantitative estimate of drug-likeness (QED) is 0.479. The highest BCUT2D eigenvalue weighted by Gasteiger charge is 2.26. The van der Waals surface area contributed by atoms with Crippen LogP contribution in [0, 0.1) is 0 Å². The molecule has 0 aliphatic carbocycles. The van der Waals surface area contributed by atoms with Crippen LogP contribution in [-0.4, -0.2) is 48.3 Å². The molecule has 170 valence electrons. The molecule has 3 rings (SSSR count). The van der Waals surface area contributed by atoms with Gasteiger partial charge in [0, 0.05) is 42.1 Å². The summed E-state index contributed by atoms with van der Waals surface area (Å²) in [5.41, 5.74) is 1.90. The number of hydrogen-bond acceptors (Lipinski definition) is 7. The number of ether oxygens (including phenoxy) is 1. The molecule has 3 aromatic rings. The maximum Gasteiger partial charge on any atom is 0.246 e. The monoisotopic (exact) mass is 474 g/mol. The van der Waals surface area contributed by atoms with Crippen LogP contribution in [0.3, 0.4) is 0 Å². The molecular formula is C22H26N4O4S2. The molecule has 0 saturated carbocycles. The van der Waals surface area contributed by atoms with E-state index in [2.05, 4.69) is 15.3 Å². The summed E-state index contributed by atoms with van der Waals surface area (Å²) in [6, 6.07) is 8.39. The van der Waals surface area contributed by atoms with Crippen LogP contribution in [-0.2, 0) is 21.2 Å². The van der Waals surface area contributed by atoms with Crippen molar-refractivity contribution in [1.29, 1.82) is 0 Å². The predicted octanol–water partition coefficient (Wildman–Crippen LogP) is 3.82. The summed E-state index contributed by atoms with van der Waals surface area (Å²) in [6.45, 7) is 6.35. The maximum atomic E-state index is 13.1. The van der Waals surface area contributed by atoms with Crippen molar-refractivity contribution < 1.29 is 17.9 Å². The lowest BCUT2D eigenvalue weighted by Gasteiger charge is -2.21. The van der Waals surface area contributed by atoms with Crippen molar-refractivity contribution in [3.05, 3.63) is 53.8 Å². The number of nitrogens with one attached hydrogen (secondary N) is 1. The highest BCUT2D eigenvalue weighted by Crippen LogP contribution is 2.30. The number of carbonyl (C=O) groups is 1. The van der Waals surface area contributed by atoms with E-state index in [9.17, 15) is 13.2 Å². The molecule has 1 aromatic carbocycles. The standard InChI is InChI=1S/C22H26N4O4S2/c1-4-26(5-2)32(28,29)20-12-17(9-10-19(20)30-6-3)24-21(27)13-18-15-31-22(25-18)16-8-7-11-23-14-16/h7-12,14-15H,4-6,13H2,1-3H3,(H,24,27). The Labute approximate surface area is 192 Å². The number of carbonyl (C=O) groups excluding carboxylic acids is 1. The van der Waals surface area contributed by atoms with Gasteiger partial charge in [0.2, 0.25) is 15.9 Å². The normalized spacial score (nSPS) is 11.5. The summed E-state index contributed by atoms with van der Waals surface area (Å²) in [6.07, 6.45) is 3.49. The van der Waals surface area contributed by atoms with Crippen molar-refractivity contribution >= 4 is 33.0 Å². The number of anilines is 1. The molecule has 0 aliphatic heterocycles. The highest BCUT2D eigenvalue weighted by molar-refractivity contribution is 7.89. The van der Waals surface area contributed by atoms with E-state index in [-0.39, 0.29) is 23.0 Å². The van der Waals surface area contributed by atoms with Crippen LogP contribution in [0.25, 0.3) is 10.6 Å². The number of sulfonamides is 1. The van der Waals surface area contributed by atoms with Crippen LogP contribution in [0.1, 0.15) is 26.5 Å². The first-order valence-corrected chi connectivity index (χ1v) is 12.6. The number of amides is 1. The number of nitrogens with zero attached hydrogens (tertiary/aromatic N) is 3. The predicted molar refractivity (Wildman–Crippen MR) is 125 cm³/mol. The van der Waals surface area contributed by atoms with Crippen molar-refractivity contribution in [3.8, 4) is 16.3 Å². The fraction of sp³-hybridized carbons (Fsp3) is 0.318. The third-order valence-corrected chi connectivity index (χ3v) is 7.66. The van der Waals surface area contributed by atoms with E-state index in [1.807, 2.05) is 17.5 Å². The molecule has 0 unspecified atom stereocenters. The van der Waals surface area contributed by atoms with Gasteiger partial charge in [0.05, 0.1) is 18.7 Å².